The van der Waals surface area contributed by atoms with Crippen molar-refractivity contribution >= 4 is 29.2 Å². The van der Waals surface area contributed by atoms with Gasteiger partial charge in [0.25, 0.3) is 0 Å². The molecule has 0 saturated heterocycles. The van der Waals surface area contributed by atoms with Crippen LogP contribution in [0.1, 0.15) is 0 Å². The molecule has 3 rings (SSSR count). The van der Waals surface area contributed by atoms with Crippen LogP contribution in [0.3, 0.4) is 0 Å². The number of nitrogens with two attached hydrogens (primary N) is 1. The molecular formula is C16H17N7. The van der Waals surface area contributed by atoms with Crippen molar-refractivity contribution in [1.29, 1.82) is 0 Å². The van der Waals surface area contributed by atoms with Crippen LogP contribution >= 0.6 is 0 Å². The highest BCUT2D eigenvalue weighted by Gasteiger charge is 2.09. The fraction of sp³-hybridized carbons (Fsp3) is 0.0625. The lowest BCUT2D eigenvalue weighted by molar-refractivity contribution is 0.912. The first-order chi connectivity index (χ1) is 11.2. The van der Waals surface area contributed by atoms with Gasteiger partial charge in [-0.25, -0.2) is 5.84 Å². The third-order valence-electron chi connectivity index (χ3n) is 3.00. The Morgan fingerprint density at radius 1 is 0.739 bits per heavy atom. The monoisotopic (exact) mass is 307 g/mol. The fourth-order valence-electron chi connectivity index (χ4n) is 1.94. The molecule has 116 valence electrons. The highest BCUT2D eigenvalue weighted by Crippen LogP contribution is 2.18. The van der Waals surface area contributed by atoms with Gasteiger partial charge in [-0.15, -0.1) is 0 Å². The number of rotatable bonds is 5. The molecule has 3 aromatic rings. The van der Waals surface area contributed by atoms with E-state index in [1.807, 2.05) is 60.7 Å². The first-order valence-electron chi connectivity index (χ1n) is 7.09. The van der Waals surface area contributed by atoms with E-state index in [0.29, 0.717) is 17.8 Å². The van der Waals surface area contributed by atoms with Gasteiger partial charge in [0.05, 0.1) is 0 Å². The number of benzene rings is 2. The highest BCUT2D eigenvalue weighted by atomic mass is 15.5. The number of hydrogen-bond donors (Lipinski definition) is 3. The summed E-state index contributed by atoms with van der Waals surface area (Å²) in [6.07, 6.45) is 0. The molecule has 7 nitrogen and oxygen atoms in total. The second kappa shape index (κ2) is 6.71. The van der Waals surface area contributed by atoms with E-state index in [9.17, 15) is 0 Å². The molecule has 0 aliphatic rings. The van der Waals surface area contributed by atoms with E-state index in [0.717, 1.165) is 11.4 Å². The second-order valence-electron chi connectivity index (χ2n) is 4.88. The van der Waals surface area contributed by atoms with E-state index >= 15 is 0 Å². The lowest BCUT2D eigenvalue weighted by atomic mass is 10.3. The third-order valence-corrected chi connectivity index (χ3v) is 3.00. The molecule has 0 fully saturated rings. The number of hydrazine groups is 1. The Bertz CT molecular complexity index is 700. The van der Waals surface area contributed by atoms with Crippen molar-refractivity contribution in [1.82, 2.24) is 15.0 Å². The summed E-state index contributed by atoms with van der Waals surface area (Å²) in [4.78, 5) is 13.0. The molecule has 0 bridgehead atoms. The first kappa shape index (κ1) is 14.7. The molecule has 0 radical (unpaired) electrons. The summed E-state index contributed by atoms with van der Waals surface area (Å²) in [6.45, 7) is 0. The van der Waals surface area contributed by atoms with E-state index in [-0.39, 0.29) is 0 Å². The molecule has 23 heavy (non-hydrogen) atoms. The van der Waals surface area contributed by atoms with Crippen LogP contribution in [0.25, 0.3) is 0 Å². The Kier molecular flexibility index (Phi) is 4.30. The molecule has 0 amide bonds. The van der Waals surface area contributed by atoms with Crippen LogP contribution < -0.4 is 21.5 Å². The number of aromatic nitrogens is 3. The SMILES string of the molecule is CN(N)c1nc(Nc2ccccc2)nc(Nc2ccccc2)n1. The van der Waals surface area contributed by atoms with Crippen molar-refractivity contribution in [2.45, 2.75) is 0 Å². The average Bonchev–Trinajstić information content (AvgIpc) is 2.56. The van der Waals surface area contributed by atoms with Crippen molar-refractivity contribution in [3.8, 4) is 0 Å². The zero-order chi connectivity index (χ0) is 16.1. The summed E-state index contributed by atoms with van der Waals surface area (Å²) in [7, 11) is 1.67. The number of nitrogens with one attached hydrogen (secondary N) is 2. The summed E-state index contributed by atoms with van der Waals surface area (Å²) < 4.78 is 0. The third kappa shape index (κ3) is 3.92. The maximum Gasteiger partial charge on any atom is 0.246 e. The largest absolute Gasteiger partial charge is 0.324 e. The molecule has 1 aromatic heterocycles. The summed E-state index contributed by atoms with van der Waals surface area (Å²) in [5.74, 6) is 6.95. The Labute approximate surface area is 134 Å². The molecular weight excluding hydrogens is 290 g/mol. The van der Waals surface area contributed by atoms with Crippen LogP contribution in [0.15, 0.2) is 60.7 Å². The predicted octanol–water partition coefficient (Wildman–Crippen LogP) is 2.67. The number of hydrogen-bond acceptors (Lipinski definition) is 7. The molecule has 0 spiro atoms. The molecule has 4 N–H and O–H groups in total. The van der Waals surface area contributed by atoms with Gasteiger partial charge in [-0.05, 0) is 24.3 Å². The Balaban J connectivity index is 1.90. The smallest absolute Gasteiger partial charge is 0.246 e. The Hall–Kier alpha value is -3.19. The second-order valence-corrected chi connectivity index (χ2v) is 4.88. The standard InChI is InChI=1S/C16H17N7/c1-23(17)16-21-14(18-12-8-4-2-5-9-12)20-15(22-16)19-13-10-6-3-7-11-13/h2-11H,17H2,1H3,(H2,18,19,20,21,22). The normalized spacial score (nSPS) is 10.2. The summed E-state index contributed by atoms with van der Waals surface area (Å²) in [5, 5.41) is 7.62. The Morgan fingerprint density at radius 3 is 1.57 bits per heavy atom. The molecule has 1 heterocycles. The summed E-state index contributed by atoms with van der Waals surface area (Å²) >= 11 is 0. The van der Waals surface area contributed by atoms with Crippen LogP contribution in [0.4, 0.5) is 29.2 Å². The topological polar surface area (TPSA) is 92.0 Å². The molecule has 0 unspecified atom stereocenters. The van der Waals surface area contributed by atoms with E-state index in [2.05, 4.69) is 25.6 Å². The lowest BCUT2D eigenvalue weighted by Crippen LogP contribution is -2.28. The molecule has 0 aliphatic carbocycles. The summed E-state index contributed by atoms with van der Waals surface area (Å²) in [5.41, 5.74) is 1.77. The summed E-state index contributed by atoms with van der Waals surface area (Å²) in [6, 6.07) is 19.3. The van der Waals surface area contributed by atoms with Crippen molar-refractivity contribution < 1.29 is 0 Å². The van der Waals surface area contributed by atoms with Crippen molar-refractivity contribution in [3.63, 3.8) is 0 Å². The van der Waals surface area contributed by atoms with Gasteiger partial charge in [-0.1, -0.05) is 36.4 Å². The van der Waals surface area contributed by atoms with Gasteiger partial charge in [-0.3, -0.25) is 5.01 Å². The first-order valence-corrected chi connectivity index (χ1v) is 7.09. The highest BCUT2D eigenvalue weighted by molar-refractivity contribution is 5.59. The minimum absolute atomic E-state index is 0.358. The van der Waals surface area contributed by atoms with Gasteiger partial charge >= 0.3 is 0 Å². The average molecular weight is 307 g/mol. The van der Waals surface area contributed by atoms with Crippen molar-refractivity contribution in [3.05, 3.63) is 60.7 Å². The van der Waals surface area contributed by atoms with E-state index in [4.69, 9.17) is 5.84 Å². The number of anilines is 5. The molecule has 0 saturated carbocycles. The van der Waals surface area contributed by atoms with E-state index in [1.54, 1.807) is 7.05 Å². The Morgan fingerprint density at radius 2 is 1.17 bits per heavy atom. The van der Waals surface area contributed by atoms with Crippen LogP contribution in [-0.4, -0.2) is 22.0 Å². The minimum atomic E-state index is 0.358. The van der Waals surface area contributed by atoms with E-state index < -0.39 is 0 Å². The van der Waals surface area contributed by atoms with Gasteiger partial charge < -0.3 is 10.6 Å². The van der Waals surface area contributed by atoms with E-state index in [1.165, 1.54) is 5.01 Å². The van der Waals surface area contributed by atoms with Gasteiger partial charge in [0, 0.05) is 18.4 Å². The van der Waals surface area contributed by atoms with Crippen molar-refractivity contribution in [2.75, 3.05) is 22.7 Å². The molecule has 2 aromatic carbocycles. The van der Waals surface area contributed by atoms with Crippen molar-refractivity contribution in [2.24, 2.45) is 5.84 Å². The number of nitrogens with zero attached hydrogens (tertiary/aromatic N) is 4. The zero-order valence-electron chi connectivity index (χ0n) is 12.6. The maximum atomic E-state index is 5.76. The molecule has 0 aliphatic heterocycles. The van der Waals surface area contributed by atoms with Crippen LogP contribution in [0, 0.1) is 0 Å². The van der Waals surface area contributed by atoms with Gasteiger partial charge in [0.2, 0.25) is 17.8 Å². The maximum absolute atomic E-state index is 5.76. The van der Waals surface area contributed by atoms with Crippen LogP contribution in [0.2, 0.25) is 0 Å². The number of para-hydroxylation sites is 2. The van der Waals surface area contributed by atoms with Crippen LogP contribution in [0.5, 0.6) is 0 Å². The van der Waals surface area contributed by atoms with Gasteiger partial charge in [-0.2, -0.15) is 15.0 Å². The quantitative estimate of drug-likeness (QED) is 0.493. The zero-order valence-corrected chi connectivity index (χ0v) is 12.6. The predicted molar refractivity (Wildman–Crippen MR) is 91.9 cm³/mol. The molecule has 0 atom stereocenters. The minimum Gasteiger partial charge on any atom is -0.324 e. The van der Waals surface area contributed by atoms with Crippen LogP contribution in [-0.2, 0) is 0 Å². The van der Waals surface area contributed by atoms with Gasteiger partial charge in [0.15, 0.2) is 0 Å². The van der Waals surface area contributed by atoms with Gasteiger partial charge in [0.1, 0.15) is 0 Å². The lowest BCUT2D eigenvalue weighted by Gasteiger charge is -2.14. The fourth-order valence-corrected chi connectivity index (χ4v) is 1.94. The molecule has 7 heteroatoms.